The number of hydrogen-bond acceptors (Lipinski definition) is 5. The number of nitrogens with one attached hydrogen (secondary N) is 1. The molecule has 1 aromatic heterocycles. The summed E-state index contributed by atoms with van der Waals surface area (Å²) in [5, 5.41) is 7.84. The van der Waals surface area contributed by atoms with Crippen LogP contribution in [0.5, 0.6) is 11.5 Å². The molecular formula is C21H21N3O3S. The van der Waals surface area contributed by atoms with E-state index < -0.39 is 0 Å². The quantitative estimate of drug-likeness (QED) is 0.701. The van der Waals surface area contributed by atoms with E-state index in [4.69, 9.17) is 14.6 Å². The lowest BCUT2D eigenvalue weighted by Crippen LogP contribution is -2.17. The van der Waals surface area contributed by atoms with Crippen molar-refractivity contribution in [3.63, 3.8) is 0 Å². The van der Waals surface area contributed by atoms with E-state index >= 15 is 0 Å². The molecule has 1 N–H and O–H groups in total. The summed E-state index contributed by atoms with van der Waals surface area (Å²) in [7, 11) is 3.08. The molecular weight excluding hydrogens is 374 g/mol. The highest BCUT2D eigenvalue weighted by atomic mass is 32.2. The number of fused-ring (bicyclic) bond motifs is 1. The molecule has 2 aromatic carbocycles. The molecule has 0 atom stereocenters. The number of aryl methyl sites for hydroxylation is 1. The summed E-state index contributed by atoms with van der Waals surface area (Å²) < 4.78 is 12.6. The van der Waals surface area contributed by atoms with Crippen LogP contribution in [0, 0.1) is 6.92 Å². The molecule has 28 heavy (non-hydrogen) atoms. The number of benzene rings is 2. The Bertz CT molecular complexity index is 1050. The molecule has 0 radical (unpaired) electrons. The van der Waals surface area contributed by atoms with E-state index in [9.17, 15) is 4.79 Å². The number of rotatable bonds is 5. The Morgan fingerprint density at radius 3 is 2.68 bits per heavy atom. The summed E-state index contributed by atoms with van der Waals surface area (Å²) in [6.45, 7) is 2.04. The van der Waals surface area contributed by atoms with Crippen molar-refractivity contribution in [1.82, 2.24) is 9.78 Å². The number of carbonyl (C=O) groups is 1. The molecule has 0 saturated carbocycles. The molecule has 0 saturated heterocycles. The molecule has 1 amide bonds. The van der Waals surface area contributed by atoms with Gasteiger partial charge in [-0.1, -0.05) is 24.3 Å². The second kappa shape index (κ2) is 7.59. The maximum absolute atomic E-state index is 13.1. The highest BCUT2D eigenvalue weighted by molar-refractivity contribution is 7.98. The summed E-state index contributed by atoms with van der Waals surface area (Å²) in [6, 6.07) is 13.3. The lowest BCUT2D eigenvalue weighted by Gasteiger charge is -2.15. The largest absolute Gasteiger partial charge is 0.493 e. The fraction of sp³-hybridized carbons (Fsp3) is 0.238. The van der Waals surface area contributed by atoms with Crippen LogP contribution in [-0.4, -0.2) is 29.9 Å². The summed E-state index contributed by atoms with van der Waals surface area (Å²) in [5.74, 6) is 3.05. The zero-order chi connectivity index (χ0) is 19.7. The molecule has 3 aromatic rings. The van der Waals surface area contributed by atoms with Crippen molar-refractivity contribution < 1.29 is 14.3 Å². The first-order valence-electron chi connectivity index (χ1n) is 8.91. The molecule has 0 bridgehead atoms. The number of thioether (sulfide) groups is 1. The molecule has 0 fully saturated rings. The standard InChI is InChI=1S/C21H21N3O3S/c1-13-7-4-5-9-17(13)24-20(15-11-28-12-16(15)23-24)22-21(25)14-8-6-10-18(26-2)19(14)27-3/h4-10H,11-12H2,1-3H3,(H,22,25). The molecule has 2 heterocycles. The van der Waals surface area contributed by atoms with Crippen LogP contribution in [0.2, 0.25) is 0 Å². The Labute approximate surface area is 167 Å². The van der Waals surface area contributed by atoms with Gasteiger partial charge in [0.25, 0.3) is 5.91 Å². The molecule has 0 unspecified atom stereocenters. The second-order valence-electron chi connectivity index (χ2n) is 6.46. The Hall–Kier alpha value is -2.93. The molecule has 0 aliphatic carbocycles. The van der Waals surface area contributed by atoms with Gasteiger partial charge in [-0.05, 0) is 30.7 Å². The third kappa shape index (κ3) is 3.11. The van der Waals surface area contributed by atoms with Gasteiger partial charge in [-0.2, -0.15) is 16.9 Å². The van der Waals surface area contributed by atoms with E-state index in [1.54, 1.807) is 37.1 Å². The van der Waals surface area contributed by atoms with Gasteiger partial charge in [0.15, 0.2) is 11.5 Å². The SMILES string of the molecule is COc1cccc(C(=O)Nc2c3c(nn2-c2ccccc2C)CSC3)c1OC. The number of ether oxygens (including phenoxy) is 2. The summed E-state index contributed by atoms with van der Waals surface area (Å²) in [4.78, 5) is 13.1. The smallest absolute Gasteiger partial charge is 0.260 e. The van der Waals surface area contributed by atoms with Crippen LogP contribution < -0.4 is 14.8 Å². The fourth-order valence-electron chi connectivity index (χ4n) is 3.36. The Kier molecular flexibility index (Phi) is 5.00. The predicted molar refractivity (Wildman–Crippen MR) is 111 cm³/mol. The minimum atomic E-state index is -0.259. The summed E-state index contributed by atoms with van der Waals surface area (Å²) >= 11 is 1.80. The van der Waals surface area contributed by atoms with E-state index in [1.165, 1.54) is 7.11 Å². The fourth-order valence-corrected chi connectivity index (χ4v) is 4.39. The number of para-hydroxylation sites is 2. The average molecular weight is 395 g/mol. The van der Waals surface area contributed by atoms with Gasteiger partial charge in [0.05, 0.1) is 31.2 Å². The van der Waals surface area contributed by atoms with Crippen LogP contribution in [0.25, 0.3) is 5.69 Å². The van der Waals surface area contributed by atoms with Crippen LogP contribution in [-0.2, 0) is 11.5 Å². The van der Waals surface area contributed by atoms with E-state index in [1.807, 2.05) is 35.9 Å². The molecule has 6 nitrogen and oxygen atoms in total. The third-order valence-corrected chi connectivity index (χ3v) is 5.75. The maximum atomic E-state index is 13.1. The minimum Gasteiger partial charge on any atom is -0.493 e. The van der Waals surface area contributed by atoms with Gasteiger partial charge in [-0.3, -0.25) is 4.79 Å². The molecule has 144 valence electrons. The first-order chi connectivity index (χ1) is 13.6. The normalized spacial score (nSPS) is 12.5. The van der Waals surface area contributed by atoms with Crippen LogP contribution in [0.1, 0.15) is 27.2 Å². The molecule has 4 rings (SSSR count). The van der Waals surface area contributed by atoms with Crippen LogP contribution in [0.4, 0.5) is 5.82 Å². The van der Waals surface area contributed by atoms with Crippen molar-refractivity contribution in [1.29, 1.82) is 0 Å². The van der Waals surface area contributed by atoms with Crippen LogP contribution in [0.3, 0.4) is 0 Å². The number of amides is 1. The van der Waals surface area contributed by atoms with Crippen molar-refractivity contribution >= 4 is 23.5 Å². The molecule has 1 aliphatic heterocycles. The number of nitrogens with zero attached hydrogens (tertiary/aromatic N) is 2. The van der Waals surface area contributed by atoms with Gasteiger partial charge in [0.2, 0.25) is 0 Å². The lowest BCUT2D eigenvalue weighted by molar-refractivity contribution is 0.102. The average Bonchev–Trinajstić information content (AvgIpc) is 3.30. The summed E-state index contributed by atoms with van der Waals surface area (Å²) in [6.07, 6.45) is 0. The molecule has 0 spiro atoms. The van der Waals surface area contributed by atoms with Crippen molar-refractivity contribution in [3.05, 3.63) is 64.8 Å². The first kappa shape index (κ1) is 18.4. The highest BCUT2D eigenvalue weighted by Crippen LogP contribution is 2.37. The topological polar surface area (TPSA) is 65.4 Å². The van der Waals surface area contributed by atoms with Crippen molar-refractivity contribution in [2.75, 3.05) is 19.5 Å². The van der Waals surface area contributed by atoms with Gasteiger partial charge in [0.1, 0.15) is 5.82 Å². The number of hydrogen-bond donors (Lipinski definition) is 1. The molecule has 7 heteroatoms. The van der Waals surface area contributed by atoms with E-state index in [-0.39, 0.29) is 5.91 Å². The number of aromatic nitrogens is 2. The predicted octanol–water partition coefficient (Wildman–Crippen LogP) is 4.20. The zero-order valence-corrected chi connectivity index (χ0v) is 16.8. The van der Waals surface area contributed by atoms with Crippen molar-refractivity contribution in [2.45, 2.75) is 18.4 Å². The maximum Gasteiger partial charge on any atom is 0.260 e. The van der Waals surface area contributed by atoms with E-state index in [2.05, 4.69) is 5.32 Å². The Balaban J connectivity index is 1.77. The second-order valence-corrected chi connectivity index (χ2v) is 7.45. The van der Waals surface area contributed by atoms with E-state index in [0.29, 0.717) is 22.9 Å². The highest BCUT2D eigenvalue weighted by Gasteiger charge is 2.26. The zero-order valence-electron chi connectivity index (χ0n) is 16.0. The van der Waals surface area contributed by atoms with Gasteiger partial charge >= 0.3 is 0 Å². The Morgan fingerprint density at radius 2 is 1.93 bits per heavy atom. The number of methoxy groups -OCH3 is 2. The van der Waals surface area contributed by atoms with Gasteiger partial charge < -0.3 is 14.8 Å². The number of carbonyl (C=O) groups excluding carboxylic acids is 1. The van der Waals surface area contributed by atoms with Crippen LogP contribution in [0.15, 0.2) is 42.5 Å². The monoisotopic (exact) mass is 395 g/mol. The lowest BCUT2D eigenvalue weighted by atomic mass is 10.1. The number of anilines is 1. The summed E-state index contributed by atoms with van der Waals surface area (Å²) in [5.41, 5.74) is 4.55. The van der Waals surface area contributed by atoms with Gasteiger partial charge in [-0.25, -0.2) is 4.68 Å². The van der Waals surface area contributed by atoms with Crippen molar-refractivity contribution in [3.8, 4) is 17.2 Å². The molecule has 1 aliphatic rings. The Morgan fingerprint density at radius 1 is 1.11 bits per heavy atom. The van der Waals surface area contributed by atoms with E-state index in [0.717, 1.165) is 34.0 Å². The van der Waals surface area contributed by atoms with Crippen molar-refractivity contribution in [2.24, 2.45) is 0 Å². The van der Waals surface area contributed by atoms with Gasteiger partial charge in [-0.15, -0.1) is 0 Å². The first-order valence-corrected chi connectivity index (χ1v) is 10.1. The minimum absolute atomic E-state index is 0.259. The third-order valence-electron chi connectivity index (χ3n) is 4.78. The van der Waals surface area contributed by atoms with Crippen LogP contribution >= 0.6 is 11.8 Å². The van der Waals surface area contributed by atoms with Gasteiger partial charge in [0, 0.05) is 17.1 Å².